The first-order valence-electron chi connectivity index (χ1n) is 19.1. The number of alkyl halides is 1. The van der Waals surface area contributed by atoms with Crippen molar-refractivity contribution in [2.75, 3.05) is 13.0 Å². The van der Waals surface area contributed by atoms with Crippen LogP contribution < -0.4 is 25.3 Å². The van der Waals surface area contributed by atoms with Crippen molar-refractivity contribution >= 4 is 41.1 Å². The number of nitrogens with one attached hydrogen (secondary N) is 1. The van der Waals surface area contributed by atoms with E-state index in [-0.39, 0.29) is 29.3 Å². The van der Waals surface area contributed by atoms with Crippen molar-refractivity contribution in [3.05, 3.63) is 74.7 Å². The van der Waals surface area contributed by atoms with Crippen LogP contribution in [-0.2, 0) is 30.3 Å². The fourth-order valence-corrected chi connectivity index (χ4v) is 9.96. The van der Waals surface area contributed by atoms with Gasteiger partial charge in [-0.3, -0.25) is 9.59 Å². The third-order valence-electron chi connectivity index (χ3n) is 12.3. The summed E-state index contributed by atoms with van der Waals surface area (Å²) in [5.41, 5.74) is 7.51. The van der Waals surface area contributed by atoms with Gasteiger partial charge in [0, 0.05) is 40.9 Å². The van der Waals surface area contributed by atoms with Crippen molar-refractivity contribution in [1.82, 2.24) is 5.32 Å². The number of carbonyl (C=O) groups excluding carboxylic acids is 3. The summed E-state index contributed by atoms with van der Waals surface area (Å²) in [6.07, 6.45) is 12.0. The molecule has 3 N–H and O–H groups in total. The number of hydrogen-bond acceptors (Lipinski definition) is 11. The van der Waals surface area contributed by atoms with E-state index in [1.807, 2.05) is 46.8 Å². The number of esters is 2. The summed E-state index contributed by atoms with van der Waals surface area (Å²) in [5, 5.41) is 14.0. The van der Waals surface area contributed by atoms with Crippen molar-refractivity contribution in [2.45, 2.75) is 110 Å². The maximum absolute atomic E-state index is 15.3. The molecule has 8 rings (SSSR count). The van der Waals surface area contributed by atoms with Crippen molar-refractivity contribution in [1.29, 1.82) is 5.26 Å². The van der Waals surface area contributed by atoms with Gasteiger partial charge in [-0.05, 0) is 93.2 Å². The van der Waals surface area contributed by atoms with Crippen LogP contribution in [0.4, 0.5) is 0 Å². The number of carbonyl (C=O) groups is 3. The molecular formula is C44H50ClN3O8. The minimum Gasteiger partial charge on any atom is -0.482 e. The number of nitrogens with two attached hydrogens (primary N) is 1. The third kappa shape index (κ3) is 5.66. The van der Waals surface area contributed by atoms with E-state index in [0.29, 0.717) is 64.3 Å². The second kappa shape index (κ2) is 13.7. The van der Waals surface area contributed by atoms with E-state index in [1.165, 1.54) is 12.7 Å². The van der Waals surface area contributed by atoms with Gasteiger partial charge in [0.25, 0.3) is 0 Å². The summed E-state index contributed by atoms with van der Waals surface area (Å²) in [6, 6.07) is 2.30. The molecule has 3 aliphatic carbocycles. The number of ketones is 1. The normalized spacial score (nSPS) is 29.8. The van der Waals surface area contributed by atoms with Crippen LogP contribution in [0.2, 0.25) is 0 Å². The van der Waals surface area contributed by atoms with Gasteiger partial charge in [-0.15, -0.1) is 11.6 Å². The molecule has 11 nitrogen and oxygen atoms in total. The lowest BCUT2D eigenvalue weighted by Crippen LogP contribution is -2.75. The molecule has 1 aromatic rings. The molecule has 4 bridgehead atoms. The zero-order valence-corrected chi connectivity index (χ0v) is 34.3. The molecule has 6 unspecified atom stereocenters. The topological polar surface area (TPSA) is 159 Å². The van der Waals surface area contributed by atoms with Crippen molar-refractivity contribution < 1.29 is 38.1 Å². The van der Waals surface area contributed by atoms with E-state index < -0.39 is 58.0 Å². The zero-order chi connectivity index (χ0) is 40.7. The maximum atomic E-state index is 15.3. The summed E-state index contributed by atoms with van der Waals surface area (Å²) in [4.78, 5) is 41.2. The molecule has 12 heteroatoms. The second-order valence-electron chi connectivity index (χ2n) is 17.0. The van der Waals surface area contributed by atoms with E-state index in [1.54, 1.807) is 13.0 Å². The summed E-state index contributed by atoms with van der Waals surface area (Å²) in [7, 11) is 1.30. The Morgan fingerprint density at radius 2 is 1.80 bits per heavy atom. The number of methoxy groups -OCH3 is 1. The highest BCUT2D eigenvalue weighted by Gasteiger charge is 2.84. The molecule has 1 aromatic carbocycles. The van der Waals surface area contributed by atoms with Crippen LogP contribution in [0, 0.1) is 29.1 Å². The predicted octanol–water partition coefficient (Wildman–Crippen LogP) is 7.28. The van der Waals surface area contributed by atoms with Crippen LogP contribution >= 0.6 is 11.6 Å². The average Bonchev–Trinajstić information content (AvgIpc) is 3.28. The Kier molecular flexibility index (Phi) is 9.65. The Hall–Kier alpha value is -4.79. The Morgan fingerprint density at radius 1 is 1.09 bits per heavy atom. The Labute approximate surface area is 333 Å². The number of rotatable bonds is 10. The number of allylic oxidation sites excluding steroid dienone is 5. The summed E-state index contributed by atoms with van der Waals surface area (Å²) < 4.78 is 32.9. The molecule has 0 aromatic heterocycles. The van der Waals surface area contributed by atoms with Crippen LogP contribution in [0.3, 0.4) is 0 Å². The molecular weight excluding hydrogens is 734 g/mol. The van der Waals surface area contributed by atoms with Gasteiger partial charge in [-0.1, -0.05) is 29.4 Å². The van der Waals surface area contributed by atoms with E-state index in [4.69, 9.17) is 41.0 Å². The van der Waals surface area contributed by atoms with E-state index >= 15 is 4.79 Å². The molecule has 4 aliphatic heterocycles. The molecule has 4 heterocycles. The molecule has 7 aliphatic rings. The van der Waals surface area contributed by atoms with Crippen LogP contribution in [0.1, 0.15) is 97.8 Å². The fraction of sp³-hybridized carbons (Fsp3) is 0.500. The number of nitrogens with zero attached hydrogens (tertiary/aromatic N) is 1. The summed E-state index contributed by atoms with van der Waals surface area (Å²) in [5.74, 6) is -2.62. The largest absolute Gasteiger partial charge is 0.482 e. The van der Waals surface area contributed by atoms with Crippen LogP contribution in [0.25, 0.3) is 11.8 Å². The van der Waals surface area contributed by atoms with Crippen molar-refractivity contribution in [3.8, 4) is 23.3 Å². The number of nitriles is 1. The van der Waals surface area contributed by atoms with E-state index in [9.17, 15) is 14.9 Å². The monoisotopic (exact) mass is 783 g/mol. The SMILES string of the molecule is COC(=O)/C(C)=C\CC12OC(C)(C)C3CC(C1=O)C1C(C#N)=C(N)NC4=C1C32Oc1c(CC=C(C)C)c2c(c(OC(=O)CCl)c14)C=CC(C)(CCC=C(C)C)O2. The minimum absolute atomic E-state index is 0.00682. The van der Waals surface area contributed by atoms with Gasteiger partial charge in [-0.25, -0.2) is 4.79 Å². The van der Waals surface area contributed by atoms with Gasteiger partial charge in [0.05, 0.1) is 41.2 Å². The minimum atomic E-state index is -1.63. The van der Waals surface area contributed by atoms with Crippen molar-refractivity contribution in [2.24, 2.45) is 23.5 Å². The smallest absolute Gasteiger partial charge is 0.333 e. The lowest BCUT2D eigenvalue weighted by atomic mass is 9.45. The van der Waals surface area contributed by atoms with Crippen LogP contribution in [0.15, 0.2) is 58.0 Å². The quantitative estimate of drug-likeness (QED) is 0.0807. The molecule has 6 atom stereocenters. The zero-order valence-electron chi connectivity index (χ0n) is 33.5. The molecule has 3 saturated carbocycles. The first kappa shape index (κ1) is 39.4. The highest BCUT2D eigenvalue weighted by molar-refractivity contribution is 6.26. The van der Waals surface area contributed by atoms with Crippen LogP contribution in [-0.4, -0.2) is 53.1 Å². The van der Waals surface area contributed by atoms with Gasteiger partial charge in [0.15, 0.2) is 22.7 Å². The lowest BCUT2D eigenvalue weighted by molar-refractivity contribution is -0.181. The Morgan fingerprint density at radius 3 is 2.45 bits per heavy atom. The molecule has 4 fully saturated rings. The van der Waals surface area contributed by atoms with Crippen LogP contribution in [0.5, 0.6) is 17.2 Å². The predicted molar refractivity (Wildman–Crippen MR) is 211 cm³/mol. The van der Waals surface area contributed by atoms with Gasteiger partial charge in [-0.2, -0.15) is 5.26 Å². The highest BCUT2D eigenvalue weighted by Crippen LogP contribution is 2.73. The summed E-state index contributed by atoms with van der Waals surface area (Å²) >= 11 is 6.09. The van der Waals surface area contributed by atoms with Gasteiger partial charge >= 0.3 is 11.9 Å². The first-order valence-corrected chi connectivity index (χ1v) is 19.7. The highest BCUT2D eigenvalue weighted by atomic mass is 35.5. The molecule has 56 heavy (non-hydrogen) atoms. The molecule has 0 radical (unpaired) electrons. The summed E-state index contributed by atoms with van der Waals surface area (Å²) in [6.45, 7) is 15.7. The maximum Gasteiger partial charge on any atom is 0.333 e. The molecule has 1 saturated heterocycles. The number of dihydropyridines is 1. The number of benzene rings is 1. The average molecular weight is 784 g/mol. The molecule has 0 amide bonds. The van der Waals surface area contributed by atoms with E-state index in [0.717, 1.165) is 12.0 Å². The van der Waals surface area contributed by atoms with Gasteiger partial charge in [0.1, 0.15) is 28.8 Å². The van der Waals surface area contributed by atoms with E-state index in [2.05, 4.69) is 37.4 Å². The lowest BCUT2D eigenvalue weighted by Gasteiger charge is -2.62. The first-order chi connectivity index (χ1) is 26.4. The number of ether oxygens (including phenoxy) is 5. The number of Topliss-reactive ketones (excluding diaryl/α,β-unsaturated/α-hetero) is 1. The molecule has 296 valence electrons. The Balaban J connectivity index is 1.59. The fourth-order valence-electron chi connectivity index (χ4n) is 9.90. The Bertz CT molecular complexity index is 2200. The van der Waals surface area contributed by atoms with Crippen molar-refractivity contribution in [3.63, 3.8) is 0 Å². The van der Waals surface area contributed by atoms with Gasteiger partial charge < -0.3 is 34.7 Å². The third-order valence-corrected chi connectivity index (χ3v) is 12.6. The second-order valence-corrected chi connectivity index (χ2v) is 17.2. The number of hydrogen-bond donors (Lipinski definition) is 2. The standard InChI is InChI=1S/C44H50ClN3O8/c1-22(2)11-10-16-42(8)17-15-26-35(54-42)25(13-12-23(3)4)37-32(36(26)53-30(49)20-45)34-33-31(28(21-46)39(47)48-34)27-19-29-41(6,7)56-43(38(27)50,44(29,33)55-37)18-14-24(5)40(51)52-9/h11-12,14-15,17,27,29,31,48H,10,13,16,18-20,47H2,1-9H3/b24-14-. The number of fused-ring (bicyclic) bond motifs is 3. The van der Waals surface area contributed by atoms with Gasteiger partial charge in [0.2, 0.25) is 0 Å². The molecule has 1 spiro atoms. The number of halogens is 1.